The predicted octanol–water partition coefficient (Wildman–Crippen LogP) is 0.0973. The molecule has 2 bridgehead atoms. The second-order valence-electron chi connectivity index (χ2n) is 4.28. The van der Waals surface area contributed by atoms with E-state index in [1.54, 1.807) is 6.92 Å². The van der Waals surface area contributed by atoms with Gasteiger partial charge in [-0.2, -0.15) is 0 Å². The largest absolute Gasteiger partial charge is 0.390 e. The summed E-state index contributed by atoms with van der Waals surface area (Å²) in [5.74, 6) is 0.130. The first-order valence-corrected chi connectivity index (χ1v) is 4.45. The zero-order chi connectivity index (χ0) is 8.93. The lowest BCUT2D eigenvalue weighted by molar-refractivity contribution is -0.172. The van der Waals surface area contributed by atoms with Gasteiger partial charge in [0.25, 0.3) is 0 Å². The second kappa shape index (κ2) is 2.30. The van der Waals surface area contributed by atoms with Crippen LogP contribution in [0.4, 0.5) is 0 Å². The number of fused-ring (bicyclic) bond motifs is 3. The Morgan fingerprint density at radius 3 is 2.67 bits per heavy atom. The summed E-state index contributed by atoms with van der Waals surface area (Å²) in [6.45, 7) is 1.76. The molecule has 0 aromatic heterocycles. The highest BCUT2D eigenvalue weighted by Crippen LogP contribution is 2.47. The third-order valence-corrected chi connectivity index (χ3v) is 3.58. The zero-order valence-electron chi connectivity index (χ0n) is 7.16. The molecule has 0 aromatic rings. The standard InChI is InChI=1S/C9H14O3/c1-9-3-2-5(4-6(9)10)7(11)8(9)12/h5,7-8,11-12H,2-4H2,1H3/t5-,7-,8-,9+/m0/s1. The van der Waals surface area contributed by atoms with Crippen molar-refractivity contribution in [3.8, 4) is 0 Å². The van der Waals surface area contributed by atoms with Gasteiger partial charge in [-0.25, -0.2) is 0 Å². The molecule has 0 unspecified atom stereocenters. The normalized spacial score (nSPS) is 52.9. The van der Waals surface area contributed by atoms with Crippen LogP contribution in [0.15, 0.2) is 0 Å². The second-order valence-corrected chi connectivity index (χ2v) is 4.28. The van der Waals surface area contributed by atoms with Crippen molar-refractivity contribution in [2.24, 2.45) is 11.3 Å². The van der Waals surface area contributed by atoms with E-state index in [1.165, 1.54) is 0 Å². The average molecular weight is 170 g/mol. The lowest BCUT2D eigenvalue weighted by Crippen LogP contribution is -2.58. The molecule has 3 fully saturated rings. The van der Waals surface area contributed by atoms with Crippen LogP contribution >= 0.6 is 0 Å². The molecule has 0 spiro atoms. The Morgan fingerprint density at radius 2 is 2.17 bits per heavy atom. The van der Waals surface area contributed by atoms with Crippen LogP contribution in [0, 0.1) is 11.3 Å². The summed E-state index contributed by atoms with van der Waals surface area (Å²) in [6, 6.07) is 0. The summed E-state index contributed by atoms with van der Waals surface area (Å²) >= 11 is 0. The Labute approximate surface area is 71.4 Å². The van der Waals surface area contributed by atoms with E-state index in [0.717, 1.165) is 12.8 Å². The molecule has 68 valence electrons. The summed E-state index contributed by atoms with van der Waals surface area (Å²) in [7, 11) is 0. The van der Waals surface area contributed by atoms with Crippen molar-refractivity contribution in [3.63, 3.8) is 0 Å². The maximum Gasteiger partial charge on any atom is 0.141 e. The van der Waals surface area contributed by atoms with E-state index in [1.807, 2.05) is 0 Å². The summed E-state index contributed by atoms with van der Waals surface area (Å²) < 4.78 is 0. The fourth-order valence-electron chi connectivity index (χ4n) is 2.44. The number of hydrogen-bond acceptors (Lipinski definition) is 3. The van der Waals surface area contributed by atoms with Crippen molar-refractivity contribution in [2.75, 3.05) is 0 Å². The van der Waals surface area contributed by atoms with Crippen LogP contribution in [-0.2, 0) is 4.79 Å². The summed E-state index contributed by atoms with van der Waals surface area (Å²) in [5, 5.41) is 19.2. The van der Waals surface area contributed by atoms with Crippen molar-refractivity contribution in [1.29, 1.82) is 0 Å². The van der Waals surface area contributed by atoms with Crippen LogP contribution in [-0.4, -0.2) is 28.2 Å². The minimum atomic E-state index is -0.836. The molecular weight excluding hydrogens is 156 g/mol. The number of carbonyl (C=O) groups is 1. The zero-order valence-corrected chi connectivity index (χ0v) is 7.16. The highest BCUT2D eigenvalue weighted by Gasteiger charge is 2.54. The molecule has 3 rings (SSSR count). The lowest BCUT2D eigenvalue weighted by Gasteiger charge is -2.49. The first-order chi connectivity index (χ1) is 5.55. The fourth-order valence-corrected chi connectivity index (χ4v) is 2.44. The van der Waals surface area contributed by atoms with Crippen LogP contribution in [0.25, 0.3) is 0 Å². The van der Waals surface area contributed by atoms with Gasteiger partial charge in [0.1, 0.15) is 5.78 Å². The SMILES string of the molecule is C[C@@]12CC[C@@H](CC1=O)[C@H](O)[C@@H]2O. The molecule has 0 radical (unpaired) electrons. The number of carbonyl (C=O) groups excluding carboxylic acids is 1. The Morgan fingerprint density at radius 1 is 1.50 bits per heavy atom. The van der Waals surface area contributed by atoms with Crippen LogP contribution in [0.1, 0.15) is 26.2 Å². The molecule has 3 nitrogen and oxygen atoms in total. The van der Waals surface area contributed by atoms with Gasteiger partial charge in [0.05, 0.1) is 17.6 Å². The van der Waals surface area contributed by atoms with Gasteiger partial charge in [0.2, 0.25) is 0 Å². The van der Waals surface area contributed by atoms with E-state index in [2.05, 4.69) is 0 Å². The fraction of sp³-hybridized carbons (Fsp3) is 0.889. The monoisotopic (exact) mass is 170 g/mol. The topological polar surface area (TPSA) is 57.5 Å². The number of rotatable bonds is 0. The molecule has 3 saturated carbocycles. The first kappa shape index (κ1) is 8.20. The Balaban J connectivity index is 2.34. The third-order valence-electron chi connectivity index (χ3n) is 3.58. The van der Waals surface area contributed by atoms with Gasteiger partial charge in [-0.3, -0.25) is 4.79 Å². The minimum Gasteiger partial charge on any atom is -0.390 e. The smallest absolute Gasteiger partial charge is 0.141 e. The summed E-state index contributed by atoms with van der Waals surface area (Å²) in [5.41, 5.74) is -0.659. The molecule has 4 atom stereocenters. The molecule has 3 aliphatic carbocycles. The molecule has 12 heavy (non-hydrogen) atoms. The first-order valence-electron chi connectivity index (χ1n) is 4.45. The molecule has 0 amide bonds. The van der Waals surface area contributed by atoms with Crippen molar-refractivity contribution < 1.29 is 15.0 Å². The Kier molecular flexibility index (Phi) is 1.57. The molecule has 0 aliphatic heterocycles. The Hall–Kier alpha value is -0.410. The van der Waals surface area contributed by atoms with E-state index in [-0.39, 0.29) is 11.7 Å². The Bertz CT molecular complexity index is 226. The van der Waals surface area contributed by atoms with Gasteiger partial charge in [-0.1, -0.05) is 6.92 Å². The van der Waals surface area contributed by atoms with Gasteiger partial charge in [0.15, 0.2) is 0 Å². The quantitative estimate of drug-likeness (QED) is 0.542. The average Bonchev–Trinajstić information content (AvgIpc) is 2.04. The number of ketones is 1. The van der Waals surface area contributed by atoms with Crippen LogP contribution < -0.4 is 0 Å². The van der Waals surface area contributed by atoms with Crippen molar-refractivity contribution in [2.45, 2.75) is 38.4 Å². The molecule has 3 heteroatoms. The van der Waals surface area contributed by atoms with Crippen molar-refractivity contribution >= 4 is 5.78 Å². The maximum atomic E-state index is 11.5. The van der Waals surface area contributed by atoms with Gasteiger partial charge < -0.3 is 10.2 Å². The summed E-state index contributed by atoms with van der Waals surface area (Å²) in [4.78, 5) is 11.5. The predicted molar refractivity (Wildman–Crippen MR) is 42.5 cm³/mol. The van der Waals surface area contributed by atoms with E-state index in [9.17, 15) is 15.0 Å². The number of hydrogen-bond donors (Lipinski definition) is 2. The molecule has 2 N–H and O–H groups in total. The molecule has 3 aliphatic rings. The van der Waals surface area contributed by atoms with Crippen LogP contribution in [0.2, 0.25) is 0 Å². The summed E-state index contributed by atoms with van der Waals surface area (Å²) in [6.07, 6.45) is 0.545. The van der Waals surface area contributed by atoms with E-state index < -0.39 is 17.6 Å². The van der Waals surface area contributed by atoms with Crippen LogP contribution in [0.3, 0.4) is 0 Å². The molecular formula is C9H14O3. The highest BCUT2D eigenvalue weighted by molar-refractivity contribution is 5.87. The maximum absolute atomic E-state index is 11.5. The van der Waals surface area contributed by atoms with E-state index in [0.29, 0.717) is 6.42 Å². The van der Waals surface area contributed by atoms with E-state index in [4.69, 9.17) is 0 Å². The minimum absolute atomic E-state index is 0.00863. The van der Waals surface area contributed by atoms with Gasteiger partial charge >= 0.3 is 0 Å². The molecule has 0 heterocycles. The third kappa shape index (κ3) is 0.808. The van der Waals surface area contributed by atoms with Crippen molar-refractivity contribution in [1.82, 2.24) is 0 Å². The number of aliphatic hydroxyl groups is 2. The lowest BCUT2D eigenvalue weighted by atomic mass is 9.58. The van der Waals surface area contributed by atoms with Gasteiger partial charge in [-0.05, 0) is 18.8 Å². The molecule has 0 saturated heterocycles. The number of Topliss-reactive ketones (excluding diaryl/α,β-unsaturated/α-hetero) is 1. The highest BCUT2D eigenvalue weighted by atomic mass is 16.3. The molecule has 0 aromatic carbocycles. The van der Waals surface area contributed by atoms with Gasteiger partial charge in [-0.15, -0.1) is 0 Å². The van der Waals surface area contributed by atoms with Crippen molar-refractivity contribution in [3.05, 3.63) is 0 Å². The van der Waals surface area contributed by atoms with Gasteiger partial charge in [0, 0.05) is 6.42 Å². The number of aliphatic hydroxyl groups excluding tert-OH is 2. The van der Waals surface area contributed by atoms with Crippen LogP contribution in [0.5, 0.6) is 0 Å². The van der Waals surface area contributed by atoms with E-state index >= 15 is 0 Å².